The molecule has 0 aromatic rings. The first kappa shape index (κ1) is 22.4. The van der Waals surface area contributed by atoms with E-state index in [1.165, 1.54) is 7.11 Å². The largest absolute Gasteiger partial charge is 0.469 e. The zero-order valence-corrected chi connectivity index (χ0v) is 14.8. The van der Waals surface area contributed by atoms with E-state index >= 15 is 0 Å². The first-order valence-corrected chi connectivity index (χ1v) is 8.47. The molecule has 0 aromatic heterocycles. The van der Waals surface area contributed by atoms with E-state index in [1.54, 1.807) is 7.11 Å². The minimum atomic E-state index is -0.265. The van der Waals surface area contributed by atoms with Crippen molar-refractivity contribution in [1.29, 1.82) is 0 Å². The lowest BCUT2D eigenvalue weighted by Crippen LogP contribution is -2.09. The number of hydrogen-bond donors (Lipinski definition) is 0. The predicted octanol–water partition coefficient (Wildman–Crippen LogP) is 2.40. The number of rotatable bonds is 15. The molecule has 0 bridgehead atoms. The van der Waals surface area contributed by atoms with Gasteiger partial charge in [-0.2, -0.15) is 0 Å². The van der Waals surface area contributed by atoms with Crippen LogP contribution >= 0.6 is 0 Å². The summed E-state index contributed by atoms with van der Waals surface area (Å²) in [5.74, 6) is -0.729. The van der Waals surface area contributed by atoms with Crippen LogP contribution in [0.2, 0.25) is 0 Å². The zero-order valence-electron chi connectivity index (χ0n) is 14.8. The Hall–Kier alpha value is -1.63. The molecule has 0 N–H and O–H groups in total. The van der Waals surface area contributed by atoms with Gasteiger partial charge in [0.15, 0.2) is 0 Å². The van der Waals surface area contributed by atoms with Gasteiger partial charge in [0.1, 0.15) is 0 Å². The fraction of sp³-hybridized carbons (Fsp3) is 0.824. The summed E-state index contributed by atoms with van der Waals surface area (Å²) in [5.41, 5.74) is 0. The average molecular weight is 346 g/mol. The molecule has 0 aliphatic rings. The van der Waals surface area contributed by atoms with Crippen LogP contribution in [0.3, 0.4) is 0 Å². The zero-order chi connectivity index (χ0) is 18.0. The third-order valence-electron chi connectivity index (χ3n) is 3.28. The second kappa shape index (κ2) is 16.2. The van der Waals surface area contributed by atoms with Gasteiger partial charge in [-0.3, -0.25) is 14.4 Å². The summed E-state index contributed by atoms with van der Waals surface area (Å²) >= 11 is 0. The summed E-state index contributed by atoms with van der Waals surface area (Å²) in [7, 11) is 2.98. The Labute approximate surface area is 144 Å². The lowest BCUT2D eigenvalue weighted by Gasteiger charge is -2.06. The lowest BCUT2D eigenvalue weighted by atomic mass is 10.2. The summed E-state index contributed by atoms with van der Waals surface area (Å²) in [6.45, 7) is 1.29. The quantitative estimate of drug-likeness (QED) is 0.255. The second-order valence-electron chi connectivity index (χ2n) is 5.38. The number of hydrogen-bond acceptors (Lipinski definition) is 7. The molecule has 0 aliphatic heterocycles. The average Bonchev–Trinajstić information content (AvgIpc) is 2.57. The van der Waals surface area contributed by atoms with Gasteiger partial charge in [0, 0.05) is 33.0 Å². The van der Waals surface area contributed by atoms with Gasteiger partial charge >= 0.3 is 17.9 Å². The van der Waals surface area contributed by atoms with Gasteiger partial charge in [-0.05, 0) is 38.5 Å². The van der Waals surface area contributed by atoms with Crippen molar-refractivity contribution in [2.24, 2.45) is 0 Å². The van der Waals surface area contributed by atoms with E-state index in [2.05, 4.69) is 4.74 Å². The van der Waals surface area contributed by atoms with Crippen LogP contribution in [0.25, 0.3) is 0 Å². The smallest absolute Gasteiger partial charge is 0.305 e. The van der Waals surface area contributed by atoms with Crippen LogP contribution in [0.1, 0.15) is 57.8 Å². The van der Waals surface area contributed by atoms with Crippen molar-refractivity contribution >= 4 is 17.9 Å². The Morgan fingerprint density at radius 2 is 1.00 bits per heavy atom. The molecular formula is C17H30O7. The number of unbranched alkanes of at least 4 members (excludes halogenated alkanes) is 3. The molecule has 0 spiro atoms. The maximum Gasteiger partial charge on any atom is 0.305 e. The summed E-state index contributed by atoms with van der Waals surface area (Å²) in [6.07, 6.45) is 5.19. The molecule has 0 fully saturated rings. The SMILES string of the molecule is COCCCCC(=O)OCCCCC(=O)OCCCCC(=O)OC. The molecule has 140 valence electrons. The molecule has 0 unspecified atom stereocenters. The van der Waals surface area contributed by atoms with Crippen molar-refractivity contribution in [1.82, 2.24) is 0 Å². The van der Waals surface area contributed by atoms with Gasteiger partial charge in [-0.1, -0.05) is 0 Å². The maximum absolute atomic E-state index is 11.5. The fourth-order valence-corrected chi connectivity index (χ4v) is 1.88. The van der Waals surface area contributed by atoms with Crippen molar-refractivity contribution in [2.75, 3.05) is 34.0 Å². The molecule has 0 aliphatic carbocycles. The molecule has 0 saturated heterocycles. The number of carbonyl (C=O) groups excluding carboxylic acids is 3. The summed E-state index contributed by atoms with van der Waals surface area (Å²) < 4.78 is 19.5. The van der Waals surface area contributed by atoms with Crippen LogP contribution in [0.15, 0.2) is 0 Å². The molecule has 0 rings (SSSR count). The van der Waals surface area contributed by atoms with Crippen molar-refractivity contribution in [3.8, 4) is 0 Å². The van der Waals surface area contributed by atoms with Crippen molar-refractivity contribution in [3.63, 3.8) is 0 Å². The molecular weight excluding hydrogens is 316 g/mol. The Morgan fingerprint density at radius 3 is 1.42 bits per heavy atom. The van der Waals surface area contributed by atoms with Gasteiger partial charge < -0.3 is 18.9 Å². The molecule has 0 atom stereocenters. The van der Waals surface area contributed by atoms with Crippen LogP contribution in [0.4, 0.5) is 0 Å². The van der Waals surface area contributed by atoms with E-state index in [0.29, 0.717) is 64.8 Å². The van der Waals surface area contributed by atoms with Gasteiger partial charge in [0.25, 0.3) is 0 Å². The number of methoxy groups -OCH3 is 2. The topological polar surface area (TPSA) is 88.1 Å². The van der Waals surface area contributed by atoms with Crippen LogP contribution < -0.4 is 0 Å². The first-order valence-electron chi connectivity index (χ1n) is 8.47. The number of esters is 3. The highest BCUT2D eigenvalue weighted by Gasteiger charge is 2.05. The summed E-state index contributed by atoms with van der Waals surface area (Å²) in [6, 6.07) is 0. The maximum atomic E-state index is 11.5. The van der Waals surface area contributed by atoms with Crippen LogP contribution in [0.5, 0.6) is 0 Å². The third kappa shape index (κ3) is 15.3. The Balaban J connectivity index is 3.36. The van der Waals surface area contributed by atoms with Crippen molar-refractivity contribution in [3.05, 3.63) is 0 Å². The van der Waals surface area contributed by atoms with Crippen LogP contribution in [0, 0.1) is 0 Å². The first-order chi connectivity index (χ1) is 11.6. The van der Waals surface area contributed by atoms with Crippen LogP contribution in [-0.2, 0) is 33.3 Å². The Bertz CT molecular complexity index is 355. The van der Waals surface area contributed by atoms with E-state index in [4.69, 9.17) is 14.2 Å². The molecule has 0 heterocycles. The summed E-state index contributed by atoms with van der Waals surface area (Å²) in [4.78, 5) is 33.7. The highest BCUT2D eigenvalue weighted by Crippen LogP contribution is 2.03. The van der Waals surface area contributed by atoms with Crippen molar-refractivity contribution < 1.29 is 33.3 Å². The summed E-state index contributed by atoms with van der Waals surface area (Å²) in [5, 5.41) is 0. The molecule has 0 saturated carbocycles. The molecule has 7 heteroatoms. The van der Waals surface area contributed by atoms with E-state index in [1.807, 2.05) is 0 Å². The highest BCUT2D eigenvalue weighted by atomic mass is 16.5. The van der Waals surface area contributed by atoms with E-state index in [-0.39, 0.29) is 17.9 Å². The molecule has 0 radical (unpaired) electrons. The minimum Gasteiger partial charge on any atom is -0.469 e. The molecule has 24 heavy (non-hydrogen) atoms. The van der Waals surface area contributed by atoms with Gasteiger partial charge in [0.05, 0.1) is 20.3 Å². The minimum absolute atomic E-state index is 0.209. The normalized spacial score (nSPS) is 10.2. The van der Waals surface area contributed by atoms with Gasteiger partial charge in [-0.25, -0.2) is 0 Å². The highest BCUT2D eigenvalue weighted by molar-refractivity contribution is 5.70. The second-order valence-corrected chi connectivity index (χ2v) is 5.38. The van der Waals surface area contributed by atoms with E-state index < -0.39 is 0 Å². The molecule has 7 nitrogen and oxygen atoms in total. The monoisotopic (exact) mass is 346 g/mol. The Morgan fingerprint density at radius 1 is 0.583 bits per heavy atom. The lowest BCUT2D eigenvalue weighted by molar-refractivity contribution is -0.144. The molecule has 0 aromatic carbocycles. The van der Waals surface area contributed by atoms with E-state index in [9.17, 15) is 14.4 Å². The number of ether oxygens (including phenoxy) is 4. The third-order valence-corrected chi connectivity index (χ3v) is 3.28. The van der Waals surface area contributed by atoms with E-state index in [0.717, 1.165) is 12.8 Å². The predicted molar refractivity (Wildman–Crippen MR) is 87.4 cm³/mol. The Kier molecular flexibility index (Phi) is 15.1. The fourth-order valence-electron chi connectivity index (χ4n) is 1.88. The molecule has 0 amide bonds. The van der Waals surface area contributed by atoms with Gasteiger partial charge in [0.2, 0.25) is 0 Å². The van der Waals surface area contributed by atoms with Crippen molar-refractivity contribution in [2.45, 2.75) is 57.8 Å². The standard InChI is InChI=1S/C17H30O7/c1-21-12-6-3-10-16(19)24-14-8-5-11-17(20)23-13-7-4-9-15(18)22-2/h3-14H2,1-2H3. The van der Waals surface area contributed by atoms with Crippen LogP contribution in [-0.4, -0.2) is 51.9 Å². The number of carbonyl (C=O) groups is 3. The van der Waals surface area contributed by atoms with Gasteiger partial charge in [-0.15, -0.1) is 0 Å².